The molecule has 0 fully saturated rings. The molecule has 0 unspecified atom stereocenters. The van der Waals surface area contributed by atoms with Gasteiger partial charge in [0, 0.05) is 12.1 Å². The molecular weight excluding hydrogens is 402 g/mol. The number of carbonyl (C=O) groups is 1. The van der Waals surface area contributed by atoms with E-state index < -0.39 is 0 Å². The number of rotatable bonds is 6. The Hall–Kier alpha value is -4.26. The van der Waals surface area contributed by atoms with Gasteiger partial charge in [0.05, 0.1) is 19.3 Å². The SMILES string of the molecule is O=C(NCCn1ncc2c(=O)n(Cc3ccccc3)cnc21)c1cccc2ccccc12. The second-order valence-corrected chi connectivity index (χ2v) is 7.55. The highest BCUT2D eigenvalue weighted by Gasteiger charge is 2.12. The predicted molar refractivity (Wildman–Crippen MR) is 124 cm³/mol. The highest BCUT2D eigenvalue weighted by atomic mass is 16.1. The smallest absolute Gasteiger partial charge is 0.264 e. The molecule has 0 aliphatic rings. The van der Waals surface area contributed by atoms with Crippen molar-refractivity contribution in [1.29, 1.82) is 0 Å². The molecular formula is C25H21N5O2. The van der Waals surface area contributed by atoms with Crippen molar-refractivity contribution in [2.45, 2.75) is 13.1 Å². The van der Waals surface area contributed by atoms with Crippen molar-refractivity contribution in [2.75, 3.05) is 6.54 Å². The van der Waals surface area contributed by atoms with Gasteiger partial charge in [-0.15, -0.1) is 0 Å². The van der Waals surface area contributed by atoms with E-state index in [4.69, 9.17) is 0 Å². The minimum Gasteiger partial charge on any atom is -0.350 e. The van der Waals surface area contributed by atoms with Crippen LogP contribution in [0.1, 0.15) is 15.9 Å². The third-order valence-electron chi connectivity index (χ3n) is 5.46. The van der Waals surface area contributed by atoms with Gasteiger partial charge in [0.2, 0.25) is 0 Å². The Morgan fingerprint density at radius 2 is 1.69 bits per heavy atom. The van der Waals surface area contributed by atoms with Crippen LogP contribution in [0.25, 0.3) is 21.8 Å². The fraction of sp³-hybridized carbons (Fsp3) is 0.120. The maximum atomic E-state index is 12.8. The summed E-state index contributed by atoms with van der Waals surface area (Å²) in [6.07, 6.45) is 3.09. The van der Waals surface area contributed by atoms with Crippen LogP contribution in [-0.4, -0.2) is 31.8 Å². The molecule has 32 heavy (non-hydrogen) atoms. The first-order valence-electron chi connectivity index (χ1n) is 10.4. The van der Waals surface area contributed by atoms with Gasteiger partial charge in [-0.2, -0.15) is 5.10 Å². The molecule has 2 aromatic heterocycles. The van der Waals surface area contributed by atoms with Crippen LogP contribution in [0.2, 0.25) is 0 Å². The molecule has 2 heterocycles. The third kappa shape index (κ3) is 3.76. The van der Waals surface area contributed by atoms with Crippen LogP contribution in [0.3, 0.4) is 0 Å². The van der Waals surface area contributed by atoms with Crippen LogP contribution >= 0.6 is 0 Å². The molecule has 0 spiro atoms. The second kappa shape index (κ2) is 8.47. The van der Waals surface area contributed by atoms with Crippen LogP contribution in [0.4, 0.5) is 0 Å². The summed E-state index contributed by atoms with van der Waals surface area (Å²) in [5.41, 5.74) is 2.04. The van der Waals surface area contributed by atoms with Gasteiger partial charge in [-0.1, -0.05) is 66.7 Å². The summed E-state index contributed by atoms with van der Waals surface area (Å²) in [5, 5.41) is 9.65. The van der Waals surface area contributed by atoms with Crippen molar-refractivity contribution in [3.8, 4) is 0 Å². The first-order chi connectivity index (χ1) is 15.7. The molecule has 7 heteroatoms. The molecule has 158 valence electrons. The minimum absolute atomic E-state index is 0.134. The van der Waals surface area contributed by atoms with Gasteiger partial charge in [-0.05, 0) is 22.4 Å². The highest BCUT2D eigenvalue weighted by molar-refractivity contribution is 6.06. The summed E-state index contributed by atoms with van der Waals surface area (Å²) in [7, 11) is 0. The lowest BCUT2D eigenvalue weighted by molar-refractivity contribution is 0.0953. The first-order valence-corrected chi connectivity index (χ1v) is 10.4. The number of fused-ring (bicyclic) bond motifs is 2. The zero-order chi connectivity index (χ0) is 21.9. The molecule has 0 aliphatic carbocycles. The Bertz CT molecular complexity index is 1470. The Kier molecular flexibility index (Phi) is 5.21. The predicted octanol–water partition coefficient (Wildman–Crippen LogP) is 3.22. The minimum atomic E-state index is -0.142. The molecule has 0 saturated heterocycles. The fourth-order valence-electron chi connectivity index (χ4n) is 3.85. The molecule has 0 saturated carbocycles. The lowest BCUT2D eigenvalue weighted by Gasteiger charge is -2.09. The Morgan fingerprint density at radius 3 is 2.56 bits per heavy atom. The lowest BCUT2D eigenvalue weighted by atomic mass is 10.0. The zero-order valence-corrected chi connectivity index (χ0v) is 17.3. The van der Waals surface area contributed by atoms with Gasteiger partial charge in [0.1, 0.15) is 11.7 Å². The maximum Gasteiger partial charge on any atom is 0.264 e. The molecule has 3 aromatic carbocycles. The number of benzene rings is 3. The van der Waals surface area contributed by atoms with Gasteiger partial charge >= 0.3 is 0 Å². The molecule has 0 bridgehead atoms. The van der Waals surface area contributed by atoms with Crippen molar-refractivity contribution < 1.29 is 4.79 Å². The number of hydrogen-bond acceptors (Lipinski definition) is 4. The summed E-state index contributed by atoms with van der Waals surface area (Å²) >= 11 is 0. The van der Waals surface area contributed by atoms with Gasteiger partial charge in [-0.3, -0.25) is 14.2 Å². The van der Waals surface area contributed by atoms with Crippen molar-refractivity contribution in [3.05, 3.63) is 107 Å². The van der Waals surface area contributed by atoms with Crippen LogP contribution in [0.15, 0.2) is 90.1 Å². The van der Waals surface area contributed by atoms with E-state index in [0.717, 1.165) is 16.3 Å². The number of aromatic nitrogens is 4. The number of amides is 1. The molecule has 1 N–H and O–H groups in total. The number of nitrogens with zero attached hydrogens (tertiary/aromatic N) is 4. The number of hydrogen-bond donors (Lipinski definition) is 1. The van der Waals surface area contributed by atoms with Gasteiger partial charge in [-0.25, -0.2) is 9.67 Å². The van der Waals surface area contributed by atoms with Gasteiger partial charge in [0.25, 0.3) is 11.5 Å². The van der Waals surface area contributed by atoms with Crippen molar-refractivity contribution >= 4 is 27.7 Å². The monoisotopic (exact) mass is 423 g/mol. The first kappa shape index (κ1) is 19.7. The molecule has 1 amide bonds. The maximum absolute atomic E-state index is 12.8. The van der Waals surface area contributed by atoms with Crippen LogP contribution in [-0.2, 0) is 13.1 Å². The quantitative estimate of drug-likeness (QED) is 0.455. The molecule has 5 aromatic rings. The second-order valence-electron chi connectivity index (χ2n) is 7.55. The molecule has 7 nitrogen and oxygen atoms in total. The largest absolute Gasteiger partial charge is 0.350 e. The fourth-order valence-corrected chi connectivity index (χ4v) is 3.85. The van der Waals surface area contributed by atoms with Crippen LogP contribution in [0.5, 0.6) is 0 Å². The lowest BCUT2D eigenvalue weighted by Crippen LogP contribution is -2.28. The topological polar surface area (TPSA) is 81.8 Å². The average Bonchev–Trinajstić information content (AvgIpc) is 3.25. The van der Waals surface area contributed by atoms with E-state index in [1.165, 1.54) is 0 Å². The van der Waals surface area contributed by atoms with Crippen molar-refractivity contribution in [3.63, 3.8) is 0 Å². The molecule has 5 rings (SSSR count). The van der Waals surface area contributed by atoms with Crippen molar-refractivity contribution in [2.24, 2.45) is 0 Å². The van der Waals surface area contributed by atoms with E-state index in [-0.39, 0.29) is 11.5 Å². The summed E-state index contributed by atoms with van der Waals surface area (Å²) in [6, 6.07) is 23.2. The van der Waals surface area contributed by atoms with Crippen molar-refractivity contribution in [1.82, 2.24) is 24.6 Å². The Labute approximate surface area is 183 Å². The van der Waals surface area contributed by atoms with Crippen LogP contribution < -0.4 is 10.9 Å². The summed E-state index contributed by atoms with van der Waals surface area (Å²) in [6.45, 7) is 1.23. The van der Waals surface area contributed by atoms with E-state index >= 15 is 0 Å². The highest BCUT2D eigenvalue weighted by Crippen LogP contribution is 2.18. The van der Waals surface area contributed by atoms with E-state index in [2.05, 4.69) is 15.4 Å². The normalized spacial score (nSPS) is 11.1. The van der Waals surface area contributed by atoms with E-state index in [0.29, 0.717) is 36.2 Å². The van der Waals surface area contributed by atoms with E-state index in [9.17, 15) is 9.59 Å². The zero-order valence-electron chi connectivity index (χ0n) is 17.3. The third-order valence-corrected chi connectivity index (χ3v) is 5.46. The Morgan fingerprint density at radius 1 is 0.906 bits per heavy atom. The molecule has 0 radical (unpaired) electrons. The van der Waals surface area contributed by atoms with Crippen LogP contribution in [0, 0.1) is 0 Å². The summed E-state index contributed by atoms with van der Waals surface area (Å²) < 4.78 is 3.22. The van der Waals surface area contributed by atoms with Gasteiger partial charge < -0.3 is 5.32 Å². The molecule has 0 atom stereocenters. The Balaban J connectivity index is 1.30. The standard InChI is InChI=1S/C25H21N5O2/c31-24(21-12-6-10-19-9-4-5-11-20(19)21)26-13-14-30-23-22(15-28-30)25(32)29(17-27-23)16-18-7-2-1-3-8-18/h1-12,15,17H,13-14,16H2,(H,26,31). The van der Waals surface area contributed by atoms with E-state index in [1.54, 1.807) is 21.8 Å². The number of nitrogens with one attached hydrogen (secondary N) is 1. The summed E-state index contributed by atoms with van der Waals surface area (Å²) in [5.74, 6) is -0.142. The molecule has 0 aliphatic heterocycles. The summed E-state index contributed by atoms with van der Waals surface area (Å²) in [4.78, 5) is 30.0. The average molecular weight is 423 g/mol. The van der Waals surface area contributed by atoms with Gasteiger partial charge in [0.15, 0.2) is 5.65 Å². The van der Waals surface area contributed by atoms with E-state index in [1.807, 2.05) is 72.8 Å². The number of carbonyl (C=O) groups excluding carboxylic acids is 1.